The van der Waals surface area contributed by atoms with Crippen LogP contribution in [0, 0.1) is 40.4 Å². The molecule has 4 nitrogen and oxygen atoms in total. The van der Waals surface area contributed by atoms with Gasteiger partial charge in [0.15, 0.2) is 0 Å². The van der Waals surface area contributed by atoms with Gasteiger partial charge in [-0.2, -0.15) is 0 Å². The minimum Gasteiger partial charge on any atom is -0.391 e. The number of fused-ring (bicyclic) bond motifs is 5. The molecule has 0 aromatic heterocycles. The van der Waals surface area contributed by atoms with Gasteiger partial charge in [0.2, 0.25) is 5.91 Å². The Morgan fingerprint density at radius 2 is 1.78 bits per heavy atom. The second-order valence-electron chi connectivity index (χ2n) is 12.6. The number of nitrogens with one attached hydrogen (secondary N) is 1. The van der Waals surface area contributed by atoms with Gasteiger partial charge in [-0.15, -0.1) is 0 Å². The first kappa shape index (κ1) is 24.3. The van der Waals surface area contributed by atoms with Crippen molar-refractivity contribution in [3.05, 3.63) is 11.6 Å². The Hall–Kier alpha value is -0.870. The second-order valence-corrected chi connectivity index (χ2v) is 12.6. The fraction of sp³-hybridized carbons (Fsp3) is 0.893. The number of amides is 1. The van der Waals surface area contributed by atoms with Crippen molar-refractivity contribution in [2.45, 2.75) is 104 Å². The molecule has 0 heterocycles. The van der Waals surface area contributed by atoms with Crippen molar-refractivity contribution in [1.82, 2.24) is 10.2 Å². The average Bonchev–Trinajstić information content (AvgIpc) is 3.10. The third-order valence-corrected chi connectivity index (χ3v) is 11.3. The zero-order valence-electron chi connectivity index (χ0n) is 21.7. The maximum atomic E-state index is 12.5. The molecule has 0 radical (unpaired) electrons. The van der Waals surface area contributed by atoms with Crippen LogP contribution >= 0.6 is 0 Å². The average molecular weight is 445 g/mol. The normalized spacial score (nSPS) is 47.4. The first-order chi connectivity index (χ1) is 15.0. The number of nitrogens with zero attached hydrogens (tertiary/aromatic N) is 1. The molecule has 0 aromatic carbocycles. The summed E-state index contributed by atoms with van der Waals surface area (Å²) in [6.07, 6.45) is 11.3. The molecule has 0 spiro atoms. The lowest BCUT2D eigenvalue weighted by atomic mass is 9.44. The number of rotatable bonds is 4. The molecule has 0 aromatic rings. The summed E-state index contributed by atoms with van der Waals surface area (Å²) in [6, 6.07) is 0.549. The Bertz CT molecular complexity index is 748. The number of allylic oxidation sites excluding steroid dienone is 1. The second kappa shape index (κ2) is 8.73. The molecule has 4 rings (SSSR count). The number of carbonyl (C=O) groups excluding carboxylic acids is 1. The van der Waals surface area contributed by atoms with Gasteiger partial charge in [0.1, 0.15) is 0 Å². The molecule has 4 fully saturated rings. The van der Waals surface area contributed by atoms with Crippen molar-refractivity contribution in [3.8, 4) is 0 Å². The lowest BCUT2D eigenvalue weighted by Gasteiger charge is -2.62. The Kier molecular flexibility index (Phi) is 6.62. The Balaban J connectivity index is 1.51. The molecule has 1 amide bonds. The molecule has 4 heteroatoms. The highest BCUT2D eigenvalue weighted by molar-refractivity contribution is 5.92. The highest BCUT2D eigenvalue weighted by atomic mass is 16.3. The molecule has 10 atom stereocenters. The summed E-state index contributed by atoms with van der Waals surface area (Å²) in [7, 11) is 4.49. The fourth-order valence-electron chi connectivity index (χ4n) is 9.06. The molecular formula is C28H48N2O2. The molecule has 4 aliphatic rings. The first-order valence-electron chi connectivity index (χ1n) is 13.3. The van der Waals surface area contributed by atoms with Gasteiger partial charge in [-0.1, -0.05) is 19.9 Å². The first-order valence-corrected chi connectivity index (χ1v) is 13.3. The van der Waals surface area contributed by atoms with Crippen LogP contribution in [0.4, 0.5) is 0 Å². The summed E-state index contributed by atoms with van der Waals surface area (Å²) < 4.78 is 0. The van der Waals surface area contributed by atoms with Crippen LogP contribution in [0.15, 0.2) is 11.6 Å². The van der Waals surface area contributed by atoms with Gasteiger partial charge in [-0.25, -0.2) is 0 Å². The van der Waals surface area contributed by atoms with Crippen molar-refractivity contribution in [1.29, 1.82) is 0 Å². The molecule has 182 valence electrons. The molecule has 3 unspecified atom stereocenters. The van der Waals surface area contributed by atoms with Crippen molar-refractivity contribution in [2.75, 3.05) is 14.1 Å². The highest BCUT2D eigenvalue weighted by Gasteiger charge is 2.61. The smallest absolute Gasteiger partial charge is 0.246 e. The standard InChI is InChI=1S/C28H48N2O2/c1-8-17(2)26(32)29-24-15-19-9-10-20-22-12-11-21(18(3)30(6)7)27(22,4)14-13-23(20)28(19,5)16-25(24)31/h8,18-25,31H,9-16H2,1-7H3,(H,29,32)/b17-8+/t18-,19-,20?,21+,22?,23?,24+,25+,27+,28-/m0/s1. The Labute approximate surface area is 196 Å². The van der Waals surface area contributed by atoms with E-state index < -0.39 is 6.10 Å². The van der Waals surface area contributed by atoms with E-state index >= 15 is 0 Å². The largest absolute Gasteiger partial charge is 0.391 e. The maximum Gasteiger partial charge on any atom is 0.246 e. The van der Waals surface area contributed by atoms with E-state index in [0.29, 0.717) is 17.4 Å². The third-order valence-electron chi connectivity index (χ3n) is 11.3. The SMILES string of the molecule is C/C=C(\C)C(=O)N[C@@H]1C[C@@H]2CCC3C4CC[C@H]([C@H](C)N(C)C)[C@@]4(C)CCC3[C@@]2(C)C[C@H]1O. The van der Waals surface area contributed by atoms with Crippen molar-refractivity contribution < 1.29 is 9.90 Å². The van der Waals surface area contributed by atoms with Crippen LogP contribution in [0.2, 0.25) is 0 Å². The van der Waals surface area contributed by atoms with Gasteiger partial charge < -0.3 is 15.3 Å². The lowest BCUT2D eigenvalue weighted by molar-refractivity contribution is -0.143. The quantitative estimate of drug-likeness (QED) is 0.599. The summed E-state index contributed by atoms with van der Waals surface area (Å²) in [6.45, 7) is 11.3. The molecule has 32 heavy (non-hydrogen) atoms. The summed E-state index contributed by atoms with van der Waals surface area (Å²) >= 11 is 0. The van der Waals surface area contributed by atoms with Gasteiger partial charge in [0, 0.05) is 11.6 Å². The number of carbonyl (C=O) groups is 1. The summed E-state index contributed by atoms with van der Waals surface area (Å²) in [5.41, 5.74) is 1.43. The van der Waals surface area contributed by atoms with Crippen LogP contribution in [0.25, 0.3) is 0 Å². The molecule has 2 N–H and O–H groups in total. The minimum atomic E-state index is -0.429. The Morgan fingerprint density at radius 1 is 1.09 bits per heavy atom. The van der Waals surface area contributed by atoms with Gasteiger partial charge in [0.25, 0.3) is 0 Å². The van der Waals surface area contributed by atoms with E-state index in [9.17, 15) is 9.90 Å². The predicted molar refractivity (Wildman–Crippen MR) is 131 cm³/mol. The van der Waals surface area contributed by atoms with Gasteiger partial charge in [-0.3, -0.25) is 4.79 Å². The third kappa shape index (κ3) is 3.78. The van der Waals surface area contributed by atoms with E-state index in [-0.39, 0.29) is 17.4 Å². The van der Waals surface area contributed by atoms with Gasteiger partial charge in [-0.05, 0) is 127 Å². The van der Waals surface area contributed by atoms with Crippen molar-refractivity contribution >= 4 is 5.91 Å². The van der Waals surface area contributed by atoms with Crippen molar-refractivity contribution in [2.24, 2.45) is 40.4 Å². The van der Waals surface area contributed by atoms with Crippen molar-refractivity contribution in [3.63, 3.8) is 0 Å². The fourth-order valence-corrected chi connectivity index (χ4v) is 9.06. The van der Waals surface area contributed by atoms with E-state index in [1.807, 2.05) is 19.9 Å². The van der Waals surface area contributed by atoms with Gasteiger partial charge in [0.05, 0.1) is 12.1 Å². The topological polar surface area (TPSA) is 52.6 Å². The monoisotopic (exact) mass is 444 g/mol. The van der Waals surface area contributed by atoms with Crippen LogP contribution < -0.4 is 5.32 Å². The predicted octanol–water partition coefficient (Wildman–Crippen LogP) is 5.02. The molecule has 0 saturated heterocycles. The molecule has 4 saturated carbocycles. The van der Waals surface area contributed by atoms with Crippen LogP contribution in [-0.4, -0.2) is 48.2 Å². The summed E-state index contributed by atoms with van der Waals surface area (Å²) in [5, 5.41) is 14.3. The number of hydrogen-bond acceptors (Lipinski definition) is 3. The number of aliphatic hydroxyl groups excluding tert-OH is 1. The molecule has 0 aliphatic heterocycles. The summed E-state index contributed by atoms with van der Waals surface area (Å²) in [5.74, 6) is 3.80. The van der Waals surface area contributed by atoms with Crippen LogP contribution in [0.5, 0.6) is 0 Å². The molecular weight excluding hydrogens is 396 g/mol. The van der Waals surface area contributed by atoms with Gasteiger partial charge >= 0.3 is 0 Å². The van der Waals surface area contributed by atoms with E-state index in [4.69, 9.17) is 0 Å². The summed E-state index contributed by atoms with van der Waals surface area (Å²) in [4.78, 5) is 14.9. The minimum absolute atomic E-state index is 0.0192. The Morgan fingerprint density at radius 3 is 2.44 bits per heavy atom. The maximum absolute atomic E-state index is 12.5. The van der Waals surface area contributed by atoms with E-state index in [2.05, 4.69) is 45.1 Å². The number of hydrogen-bond donors (Lipinski definition) is 2. The van der Waals surface area contributed by atoms with Crippen LogP contribution in [0.1, 0.15) is 86.0 Å². The van der Waals surface area contributed by atoms with Crippen LogP contribution in [-0.2, 0) is 4.79 Å². The van der Waals surface area contributed by atoms with E-state index in [1.54, 1.807) is 0 Å². The zero-order valence-corrected chi connectivity index (χ0v) is 21.7. The van der Waals surface area contributed by atoms with E-state index in [1.165, 1.54) is 38.5 Å². The van der Waals surface area contributed by atoms with Crippen LogP contribution in [0.3, 0.4) is 0 Å². The number of aliphatic hydroxyl groups is 1. The zero-order chi connectivity index (χ0) is 23.4. The van der Waals surface area contributed by atoms with E-state index in [0.717, 1.165) is 42.1 Å². The molecule has 0 bridgehead atoms. The highest BCUT2D eigenvalue weighted by Crippen LogP contribution is 2.67. The lowest BCUT2D eigenvalue weighted by Crippen LogP contribution is -2.59. The molecule has 4 aliphatic carbocycles.